The minimum atomic E-state index is 0.186. The van der Waals surface area contributed by atoms with Gasteiger partial charge in [0.05, 0.1) is 0 Å². The van der Waals surface area contributed by atoms with Crippen LogP contribution < -0.4 is 11.1 Å². The molecule has 1 aliphatic carbocycles. The Labute approximate surface area is 125 Å². The van der Waals surface area contributed by atoms with Crippen molar-refractivity contribution >= 4 is 23.4 Å². The van der Waals surface area contributed by atoms with E-state index in [9.17, 15) is 4.79 Å². The Kier molecular flexibility index (Phi) is 5.77. The van der Waals surface area contributed by atoms with E-state index in [1.165, 1.54) is 24.2 Å². The van der Waals surface area contributed by atoms with Crippen LogP contribution in [0.5, 0.6) is 0 Å². The van der Waals surface area contributed by atoms with Crippen LogP contribution in [0.2, 0.25) is 0 Å². The lowest BCUT2D eigenvalue weighted by Gasteiger charge is -2.22. The Morgan fingerprint density at radius 1 is 1.35 bits per heavy atom. The van der Waals surface area contributed by atoms with E-state index in [1.807, 2.05) is 19.1 Å². The molecule has 0 spiro atoms. The standard InChI is InChI=1S/C16H24N2OS/c1-12-14(17)8-5-9-15(12)20-11-10-16(19)18-13-6-3-2-4-7-13/h5,8-9,13H,2-4,6-7,10-11,17H2,1H3,(H,18,19). The quantitative estimate of drug-likeness (QED) is 0.645. The third-order valence-electron chi connectivity index (χ3n) is 3.88. The molecule has 0 unspecified atom stereocenters. The second-order valence-corrected chi connectivity index (χ2v) is 6.61. The van der Waals surface area contributed by atoms with Gasteiger partial charge in [-0.05, 0) is 37.5 Å². The molecule has 1 aromatic rings. The Hall–Kier alpha value is -1.16. The molecule has 0 heterocycles. The van der Waals surface area contributed by atoms with Crippen molar-refractivity contribution in [1.29, 1.82) is 0 Å². The first-order valence-corrected chi connectivity index (χ1v) is 8.42. The maximum Gasteiger partial charge on any atom is 0.221 e. The maximum atomic E-state index is 11.9. The van der Waals surface area contributed by atoms with Gasteiger partial charge in [-0.2, -0.15) is 0 Å². The summed E-state index contributed by atoms with van der Waals surface area (Å²) in [6, 6.07) is 6.35. The van der Waals surface area contributed by atoms with Crippen LogP contribution in [0.25, 0.3) is 0 Å². The van der Waals surface area contributed by atoms with Crippen molar-refractivity contribution in [2.24, 2.45) is 0 Å². The molecule has 3 N–H and O–H groups in total. The number of carbonyl (C=O) groups excluding carboxylic acids is 1. The molecule has 20 heavy (non-hydrogen) atoms. The van der Waals surface area contributed by atoms with Crippen LogP contribution in [0.4, 0.5) is 5.69 Å². The highest BCUT2D eigenvalue weighted by Crippen LogP contribution is 2.26. The Balaban J connectivity index is 1.72. The van der Waals surface area contributed by atoms with Gasteiger partial charge in [0, 0.05) is 28.8 Å². The van der Waals surface area contributed by atoms with Gasteiger partial charge in [-0.15, -0.1) is 11.8 Å². The summed E-state index contributed by atoms with van der Waals surface area (Å²) in [6.07, 6.45) is 6.69. The monoisotopic (exact) mass is 292 g/mol. The van der Waals surface area contributed by atoms with E-state index in [0.717, 1.165) is 29.8 Å². The molecule has 110 valence electrons. The lowest BCUT2D eigenvalue weighted by molar-refractivity contribution is -0.121. The smallest absolute Gasteiger partial charge is 0.221 e. The molecule has 1 saturated carbocycles. The normalized spacial score (nSPS) is 16.1. The number of carbonyl (C=O) groups is 1. The van der Waals surface area contributed by atoms with Crippen molar-refractivity contribution in [1.82, 2.24) is 5.32 Å². The van der Waals surface area contributed by atoms with E-state index in [4.69, 9.17) is 5.73 Å². The van der Waals surface area contributed by atoms with Gasteiger partial charge >= 0.3 is 0 Å². The van der Waals surface area contributed by atoms with Crippen LogP contribution in [0, 0.1) is 6.92 Å². The van der Waals surface area contributed by atoms with E-state index < -0.39 is 0 Å². The largest absolute Gasteiger partial charge is 0.398 e. The molecule has 1 aliphatic rings. The molecule has 0 radical (unpaired) electrons. The molecule has 1 amide bonds. The van der Waals surface area contributed by atoms with E-state index in [0.29, 0.717) is 12.5 Å². The summed E-state index contributed by atoms with van der Waals surface area (Å²) in [4.78, 5) is 13.1. The predicted molar refractivity (Wildman–Crippen MR) is 85.9 cm³/mol. The van der Waals surface area contributed by atoms with Crippen molar-refractivity contribution < 1.29 is 4.79 Å². The summed E-state index contributed by atoms with van der Waals surface area (Å²) in [5.74, 6) is 0.994. The minimum Gasteiger partial charge on any atom is -0.398 e. The van der Waals surface area contributed by atoms with Crippen LogP contribution in [-0.2, 0) is 4.79 Å². The number of rotatable bonds is 5. The molecule has 0 atom stereocenters. The molecule has 1 fully saturated rings. The van der Waals surface area contributed by atoms with Gasteiger partial charge in [-0.3, -0.25) is 4.79 Å². The average Bonchev–Trinajstić information content (AvgIpc) is 2.44. The molecule has 2 rings (SSSR count). The first-order valence-electron chi connectivity index (χ1n) is 7.44. The zero-order valence-corrected chi connectivity index (χ0v) is 13.0. The summed E-state index contributed by atoms with van der Waals surface area (Å²) in [6.45, 7) is 2.03. The molecule has 0 aliphatic heterocycles. The number of nitrogens with one attached hydrogen (secondary N) is 1. The fourth-order valence-electron chi connectivity index (χ4n) is 2.59. The molecule has 1 aromatic carbocycles. The van der Waals surface area contributed by atoms with Crippen molar-refractivity contribution in [2.45, 2.75) is 56.4 Å². The lowest BCUT2D eigenvalue weighted by Crippen LogP contribution is -2.36. The predicted octanol–water partition coefficient (Wildman–Crippen LogP) is 3.51. The molecule has 0 bridgehead atoms. The number of benzene rings is 1. The Bertz CT molecular complexity index is 456. The Morgan fingerprint density at radius 2 is 2.10 bits per heavy atom. The third kappa shape index (κ3) is 4.44. The first kappa shape index (κ1) is 15.2. The van der Waals surface area contributed by atoms with Crippen molar-refractivity contribution in [3.05, 3.63) is 23.8 Å². The molecule has 0 saturated heterocycles. The van der Waals surface area contributed by atoms with Crippen molar-refractivity contribution in [3.8, 4) is 0 Å². The number of nitrogen functional groups attached to an aromatic ring is 1. The van der Waals surface area contributed by atoms with Gasteiger partial charge in [0.15, 0.2) is 0 Å². The number of amides is 1. The SMILES string of the molecule is Cc1c(N)cccc1SCCC(=O)NC1CCCCC1. The molecular formula is C16H24N2OS. The van der Waals surface area contributed by atoms with Gasteiger partial charge < -0.3 is 11.1 Å². The Morgan fingerprint density at radius 3 is 2.85 bits per heavy atom. The molecule has 3 nitrogen and oxygen atoms in total. The van der Waals surface area contributed by atoms with E-state index >= 15 is 0 Å². The summed E-state index contributed by atoms with van der Waals surface area (Å²) in [7, 11) is 0. The lowest BCUT2D eigenvalue weighted by atomic mass is 9.95. The fourth-order valence-corrected chi connectivity index (χ4v) is 3.60. The van der Waals surface area contributed by atoms with Gasteiger partial charge in [0.2, 0.25) is 5.91 Å². The van der Waals surface area contributed by atoms with Gasteiger partial charge in [-0.1, -0.05) is 25.3 Å². The summed E-state index contributed by atoms with van der Waals surface area (Å²) < 4.78 is 0. The van der Waals surface area contributed by atoms with E-state index in [-0.39, 0.29) is 5.91 Å². The van der Waals surface area contributed by atoms with Crippen LogP contribution >= 0.6 is 11.8 Å². The van der Waals surface area contributed by atoms with E-state index in [1.54, 1.807) is 11.8 Å². The number of thioether (sulfide) groups is 1. The van der Waals surface area contributed by atoms with Gasteiger partial charge in [0.1, 0.15) is 0 Å². The zero-order chi connectivity index (χ0) is 14.4. The summed E-state index contributed by atoms with van der Waals surface area (Å²) in [5, 5.41) is 3.15. The maximum absolute atomic E-state index is 11.9. The summed E-state index contributed by atoms with van der Waals surface area (Å²) in [5.41, 5.74) is 7.82. The number of nitrogens with two attached hydrogens (primary N) is 1. The molecule has 4 heteroatoms. The van der Waals surface area contributed by atoms with E-state index in [2.05, 4.69) is 11.4 Å². The van der Waals surface area contributed by atoms with Crippen molar-refractivity contribution in [3.63, 3.8) is 0 Å². The topological polar surface area (TPSA) is 55.1 Å². The minimum absolute atomic E-state index is 0.186. The number of hydrogen-bond donors (Lipinski definition) is 2. The average molecular weight is 292 g/mol. The highest BCUT2D eigenvalue weighted by atomic mass is 32.2. The van der Waals surface area contributed by atoms with Crippen LogP contribution in [0.3, 0.4) is 0 Å². The number of anilines is 1. The number of hydrogen-bond acceptors (Lipinski definition) is 3. The van der Waals surface area contributed by atoms with Gasteiger partial charge in [0.25, 0.3) is 0 Å². The van der Waals surface area contributed by atoms with Gasteiger partial charge in [-0.25, -0.2) is 0 Å². The van der Waals surface area contributed by atoms with Crippen molar-refractivity contribution in [2.75, 3.05) is 11.5 Å². The second-order valence-electron chi connectivity index (χ2n) is 5.47. The second kappa shape index (κ2) is 7.58. The third-order valence-corrected chi connectivity index (χ3v) is 5.04. The van der Waals surface area contributed by atoms with Crippen LogP contribution in [0.15, 0.2) is 23.1 Å². The summed E-state index contributed by atoms with van der Waals surface area (Å²) >= 11 is 1.71. The molecular weight excluding hydrogens is 268 g/mol. The highest BCUT2D eigenvalue weighted by molar-refractivity contribution is 7.99. The fraction of sp³-hybridized carbons (Fsp3) is 0.562. The first-order chi connectivity index (χ1) is 9.66. The highest BCUT2D eigenvalue weighted by Gasteiger charge is 2.15. The molecule has 0 aromatic heterocycles. The van der Waals surface area contributed by atoms with Crippen LogP contribution in [-0.4, -0.2) is 17.7 Å². The zero-order valence-electron chi connectivity index (χ0n) is 12.2. The van der Waals surface area contributed by atoms with Crippen LogP contribution in [0.1, 0.15) is 44.1 Å².